The molecule has 0 saturated carbocycles. The minimum absolute atomic E-state index is 0.104. The number of carbonyl (C=O) groups is 3. The van der Waals surface area contributed by atoms with Gasteiger partial charge in [-0.25, -0.2) is 14.4 Å². The molecule has 0 unspecified atom stereocenters. The Hall–Kier alpha value is -3.62. The quantitative estimate of drug-likeness (QED) is 0.281. The Labute approximate surface area is 193 Å². The molecular formula is C25H21F3O6. The molecule has 4 atom stereocenters. The van der Waals surface area contributed by atoms with Crippen LogP contribution in [0.2, 0.25) is 0 Å². The van der Waals surface area contributed by atoms with Gasteiger partial charge < -0.3 is 14.2 Å². The third kappa shape index (κ3) is 4.98. The smallest absolute Gasteiger partial charge is 0.416 e. The molecule has 3 aliphatic rings. The lowest BCUT2D eigenvalue weighted by atomic mass is 9.85. The Bertz CT molecular complexity index is 1130. The standard InChI is InChI=1S/C25H21F3O6/c1-13-9-18-11-16(24(31)32-18)12-20-22(14(2)23(30)34-20)19(10-13)33-21(29)8-5-15-3-6-17(7-4-15)25(26,27)28/h3-8,10-11,18-20,22H,2,9,12H2,1H3/b8-5+,13-10+/t18-,19+,20-,22-/m0/s1. The summed E-state index contributed by atoms with van der Waals surface area (Å²) < 4.78 is 54.5. The number of halogens is 3. The lowest BCUT2D eigenvalue weighted by Gasteiger charge is -2.25. The van der Waals surface area contributed by atoms with Crippen LogP contribution < -0.4 is 0 Å². The fourth-order valence-corrected chi connectivity index (χ4v) is 4.23. The van der Waals surface area contributed by atoms with E-state index in [1.54, 1.807) is 19.1 Å². The number of hydrogen-bond donors (Lipinski definition) is 0. The average molecular weight is 474 g/mol. The van der Waals surface area contributed by atoms with Crippen molar-refractivity contribution >= 4 is 24.0 Å². The van der Waals surface area contributed by atoms with Gasteiger partial charge in [-0.15, -0.1) is 0 Å². The van der Waals surface area contributed by atoms with Gasteiger partial charge in [-0.3, -0.25) is 0 Å². The molecule has 1 saturated heterocycles. The van der Waals surface area contributed by atoms with Gasteiger partial charge in [0, 0.05) is 30.1 Å². The van der Waals surface area contributed by atoms with E-state index in [0.29, 0.717) is 17.6 Å². The molecule has 0 aromatic heterocycles. The summed E-state index contributed by atoms with van der Waals surface area (Å²) in [7, 11) is 0. The van der Waals surface area contributed by atoms with Crippen LogP contribution in [0.4, 0.5) is 13.2 Å². The molecule has 1 aromatic carbocycles. The monoisotopic (exact) mass is 474 g/mol. The molecule has 178 valence electrons. The Morgan fingerprint density at radius 3 is 2.47 bits per heavy atom. The molecule has 1 fully saturated rings. The summed E-state index contributed by atoms with van der Waals surface area (Å²) in [6.07, 6.45) is -0.254. The SMILES string of the molecule is C=C1C(=O)O[C@H]2CC3=C[C@H](C/C(C)=C/[C@@H](OC(=O)/C=C/c4ccc(C(F)(F)F)cc4)[C@H]12)OC3=O. The fraction of sp³-hybridized carbons (Fsp3) is 0.320. The minimum atomic E-state index is -4.45. The van der Waals surface area contributed by atoms with Gasteiger partial charge in [0.2, 0.25) is 0 Å². The van der Waals surface area contributed by atoms with Crippen molar-refractivity contribution in [2.75, 3.05) is 0 Å². The minimum Gasteiger partial charge on any atom is -0.458 e. The molecule has 1 aliphatic carbocycles. The van der Waals surface area contributed by atoms with Crippen LogP contribution in [0, 0.1) is 5.92 Å². The molecule has 1 aromatic rings. The summed E-state index contributed by atoms with van der Waals surface area (Å²) in [5.41, 5.74) is 0.875. The number of rotatable bonds is 3. The van der Waals surface area contributed by atoms with Gasteiger partial charge in [-0.1, -0.05) is 24.3 Å². The summed E-state index contributed by atoms with van der Waals surface area (Å²) in [5, 5.41) is 0. The first kappa shape index (κ1) is 23.5. The van der Waals surface area contributed by atoms with Gasteiger partial charge in [-0.05, 0) is 42.8 Å². The number of alkyl halides is 3. The van der Waals surface area contributed by atoms with Gasteiger partial charge in [0.05, 0.1) is 11.5 Å². The number of hydrogen-bond acceptors (Lipinski definition) is 6. The molecule has 2 bridgehead atoms. The molecule has 2 heterocycles. The van der Waals surface area contributed by atoms with E-state index in [0.717, 1.165) is 23.8 Å². The first-order chi connectivity index (χ1) is 16.0. The topological polar surface area (TPSA) is 78.9 Å². The van der Waals surface area contributed by atoms with E-state index in [9.17, 15) is 27.6 Å². The van der Waals surface area contributed by atoms with Gasteiger partial charge in [-0.2, -0.15) is 13.2 Å². The second-order valence-corrected chi connectivity index (χ2v) is 8.41. The van der Waals surface area contributed by atoms with Crippen molar-refractivity contribution in [3.63, 3.8) is 0 Å². The first-order valence-corrected chi connectivity index (χ1v) is 10.6. The number of esters is 3. The average Bonchev–Trinajstić information content (AvgIpc) is 3.23. The zero-order valence-corrected chi connectivity index (χ0v) is 18.1. The number of ether oxygens (including phenoxy) is 3. The van der Waals surface area contributed by atoms with E-state index in [-0.39, 0.29) is 12.0 Å². The van der Waals surface area contributed by atoms with Crippen molar-refractivity contribution in [2.24, 2.45) is 5.92 Å². The zero-order chi connectivity index (χ0) is 24.6. The predicted molar refractivity (Wildman–Crippen MR) is 114 cm³/mol. The van der Waals surface area contributed by atoms with Gasteiger partial charge in [0.25, 0.3) is 0 Å². The molecule has 0 amide bonds. The fourth-order valence-electron chi connectivity index (χ4n) is 4.23. The summed E-state index contributed by atoms with van der Waals surface area (Å²) in [4.78, 5) is 37.0. The van der Waals surface area contributed by atoms with E-state index in [1.165, 1.54) is 18.2 Å². The van der Waals surface area contributed by atoms with Gasteiger partial charge in [0.15, 0.2) is 0 Å². The largest absolute Gasteiger partial charge is 0.458 e. The second-order valence-electron chi connectivity index (χ2n) is 8.41. The lowest BCUT2D eigenvalue weighted by molar-refractivity contribution is -0.145. The van der Waals surface area contributed by atoms with Crippen molar-refractivity contribution in [1.29, 1.82) is 0 Å². The molecule has 2 aliphatic heterocycles. The molecule has 0 spiro atoms. The molecular weight excluding hydrogens is 453 g/mol. The highest BCUT2D eigenvalue weighted by Crippen LogP contribution is 2.38. The van der Waals surface area contributed by atoms with E-state index in [2.05, 4.69) is 6.58 Å². The highest BCUT2D eigenvalue weighted by Gasteiger charge is 2.46. The Balaban J connectivity index is 1.54. The van der Waals surface area contributed by atoms with Crippen molar-refractivity contribution < 1.29 is 41.8 Å². The molecule has 9 heteroatoms. The molecule has 4 rings (SSSR count). The van der Waals surface area contributed by atoms with Crippen LogP contribution in [0.15, 0.2) is 65.8 Å². The first-order valence-electron chi connectivity index (χ1n) is 10.6. The van der Waals surface area contributed by atoms with Crippen molar-refractivity contribution in [3.8, 4) is 0 Å². The van der Waals surface area contributed by atoms with E-state index < -0.39 is 53.9 Å². The van der Waals surface area contributed by atoms with E-state index >= 15 is 0 Å². The number of carbonyl (C=O) groups excluding carboxylic acids is 3. The maximum atomic E-state index is 12.7. The highest BCUT2D eigenvalue weighted by atomic mass is 19.4. The van der Waals surface area contributed by atoms with Crippen molar-refractivity contribution in [3.05, 3.63) is 76.9 Å². The summed E-state index contributed by atoms with van der Waals surface area (Å²) >= 11 is 0. The maximum Gasteiger partial charge on any atom is 0.416 e. The maximum absolute atomic E-state index is 12.7. The van der Waals surface area contributed by atoms with Crippen LogP contribution in [0.25, 0.3) is 6.08 Å². The summed E-state index contributed by atoms with van der Waals surface area (Å²) in [5.74, 6) is -2.58. The Morgan fingerprint density at radius 2 is 1.79 bits per heavy atom. The van der Waals surface area contributed by atoms with Gasteiger partial charge >= 0.3 is 24.1 Å². The second kappa shape index (κ2) is 8.96. The van der Waals surface area contributed by atoms with E-state index in [4.69, 9.17) is 14.2 Å². The van der Waals surface area contributed by atoms with Crippen LogP contribution in [0.3, 0.4) is 0 Å². The third-order valence-corrected chi connectivity index (χ3v) is 5.88. The Morgan fingerprint density at radius 1 is 1.09 bits per heavy atom. The van der Waals surface area contributed by atoms with Crippen LogP contribution in [-0.4, -0.2) is 36.2 Å². The summed E-state index contributed by atoms with van der Waals surface area (Å²) in [6.45, 7) is 5.58. The van der Waals surface area contributed by atoms with Crippen molar-refractivity contribution in [2.45, 2.75) is 44.3 Å². The number of fused-ring (bicyclic) bond motifs is 2. The third-order valence-electron chi connectivity index (χ3n) is 5.88. The molecule has 0 radical (unpaired) electrons. The van der Waals surface area contributed by atoms with Crippen LogP contribution in [-0.2, 0) is 34.8 Å². The number of benzene rings is 1. The predicted octanol–water partition coefficient (Wildman–Crippen LogP) is 4.32. The zero-order valence-electron chi connectivity index (χ0n) is 18.1. The lowest BCUT2D eigenvalue weighted by Crippen LogP contribution is -2.32. The van der Waals surface area contributed by atoms with Crippen LogP contribution in [0.5, 0.6) is 0 Å². The normalized spacial score (nSPS) is 28.5. The summed E-state index contributed by atoms with van der Waals surface area (Å²) in [6, 6.07) is 4.31. The molecule has 0 N–H and O–H groups in total. The van der Waals surface area contributed by atoms with Gasteiger partial charge in [0.1, 0.15) is 18.3 Å². The highest BCUT2D eigenvalue weighted by molar-refractivity contribution is 5.93. The molecule has 34 heavy (non-hydrogen) atoms. The van der Waals surface area contributed by atoms with Crippen molar-refractivity contribution in [1.82, 2.24) is 0 Å². The van der Waals surface area contributed by atoms with E-state index in [1.807, 2.05) is 0 Å². The van der Waals surface area contributed by atoms with Crippen LogP contribution in [0.1, 0.15) is 30.9 Å². The Kier molecular flexibility index (Phi) is 6.20. The van der Waals surface area contributed by atoms with Crippen LogP contribution >= 0.6 is 0 Å². The molecule has 6 nitrogen and oxygen atoms in total.